The summed E-state index contributed by atoms with van der Waals surface area (Å²) >= 11 is 0. The summed E-state index contributed by atoms with van der Waals surface area (Å²) in [4.78, 5) is 38.4. The van der Waals surface area contributed by atoms with Crippen molar-refractivity contribution in [3.05, 3.63) is 73.6 Å². The number of nitrogens with zero attached hydrogens (tertiary/aromatic N) is 5. The Morgan fingerprint density at radius 1 is 1.07 bits per heavy atom. The maximum absolute atomic E-state index is 13.7. The second-order valence-electron chi connectivity index (χ2n) is 12.0. The van der Waals surface area contributed by atoms with Gasteiger partial charge in [0.1, 0.15) is 17.1 Å². The summed E-state index contributed by atoms with van der Waals surface area (Å²) < 4.78 is 40.3. The van der Waals surface area contributed by atoms with Gasteiger partial charge in [0.25, 0.3) is 10.0 Å². The monoisotopic (exact) mass is 627 g/mol. The minimum absolute atomic E-state index is 0.115. The van der Waals surface area contributed by atoms with Crippen LogP contribution in [-0.4, -0.2) is 61.5 Å². The van der Waals surface area contributed by atoms with Crippen LogP contribution in [-0.2, 0) is 24.3 Å². The summed E-state index contributed by atoms with van der Waals surface area (Å²) in [5.41, 5.74) is 0.564. The Hall–Kier alpha value is -4.91. The molecule has 1 fully saturated rings. The van der Waals surface area contributed by atoms with Crippen LogP contribution in [0.15, 0.2) is 78.5 Å². The number of fused-ring (bicyclic) bond motifs is 1. The van der Waals surface area contributed by atoms with Gasteiger partial charge in [-0.2, -0.15) is 5.10 Å². The molecule has 0 saturated heterocycles. The fraction of sp³-hybridized carbons (Fsp3) is 0.312. The summed E-state index contributed by atoms with van der Waals surface area (Å²) in [7, 11) is -4.00. The Balaban J connectivity index is 1.32. The van der Waals surface area contributed by atoms with Gasteiger partial charge in [0, 0.05) is 40.7 Å². The predicted molar refractivity (Wildman–Crippen MR) is 164 cm³/mol. The molecular formula is C32H31N6O6S. The van der Waals surface area contributed by atoms with E-state index in [0.29, 0.717) is 29.5 Å². The topological polar surface area (TPSA) is 159 Å². The van der Waals surface area contributed by atoms with Gasteiger partial charge in [0.2, 0.25) is 12.2 Å². The molecule has 1 aliphatic carbocycles. The number of hydrogen-bond donors (Lipinski definition) is 1. The molecule has 45 heavy (non-hydrogen) atoms. The van der Waals surface area contributed by atoms with E-state index in [1.807, 2.05) is 12.4 Å². The number of H-pyrrole nitrogens is 1. The summed E-state index contributed by atoms with van der Waals surface area (Å²) in [6.45, 7) is 5.27. The van der Waals surface area contributed by atoms with Gasteiger partial charge >= 0.3 is 5.97 Å². The van der Waals surface area contributed by atoms with Crippen molar-refractivity contribution in [1.82, 2.24) is 29.1 Å². The third-order valence-electron chi connectivity index (χ3n) is 7.69. The summed E-state index contributed by atoms with van der Waals surface area (Å²) in [5, 5.41) is 7.33. The highest BCUT2D eigenvalue weighted by atomic mass is 32.2. The second-order valence-corrected chi connectivity index (χ2v) is 13.8. The molecule has 231 valence electrons. The van der Waals surface area contributed by atoms with E-state index in [0.717, 1.165) is 15.1 Å². The highest BCUT2D eigenvalue weighted by Crippen LogP contribution is 2.39. The number of rotatable bonds is 8. The third kappa shape index (κ3) is 5.95. The molecule has 1 aromatic carbocycles. The Morgan fingerprint density at radius 3 is 2.49 bits per heavy atom. The van der Waals surface area contributed by atoms with E-state index in [2.05, 4.69) is 25.1 Å². The van der Waals surface area contributed by atoms with Crippen LogP contribution in [0.4, 0.5) is 0 Å². The molecule has 0 bridgehead atoms. The number of aromatic nitrogens is 6. The first-order valence-electron chi connectivity index (χ1n) is 14.4. The maximum atomic E-state index is 13.7. The van der Waals surface area contributed by atoms with E-state index in [-0.39, 0.29) is 35.4 Å². The molecule has 1 aliphatic rings. The maximum Gasteiger partial charge on any atom is 0.320 e. The van der Waals surface area contributed by atoms with Gasteiger partial charge in [-0.3, -0.25) is 19.7 Å². The lowest BCUT2D eigenvalue weighted by Gasteiger charge is -2.35. The van der Waals surface area contributed by atoms with Crippen molar-refractivity contribution in [3.63, 3.8) is 0 Å². The van der Waals surface area contributed by atoms with Gasteiger partial charge < -0.3 is 9.47 Å². The lowest BCUT2D eigenvalue weighted by molar-refractivity contribution is -0.165. The zero-order chi connectivity index (χ0) is 31.8. The van der Waals surface area contributed by atoms with Crippen LogP contribution >= 0.6 is 0 Å². The standard InChI is InChI=1S/C32H31N6O6S/c1-31(2,3)44-30(40)32(20-39)11-9-23(10-12-32)43-28-18-33-17-27(37-28)26-19-38(45(41,42)24-7-5-4-6-8-24)29-25(26)13-21(14-34-29)22-15-35-36-16-22/h4-8,13-19,23H,9-12H2,1-3H3,(H,35,36). The van der Waals surface area contributed by atoms with Crippen molar-refractivity contribution in [3.8, 4) is 28.3 Å². The minimum Gasteiger partial charge on any atom is -0.473 e. The second kappa shape index (κ2) is 11.5. The van der Waals surface area contributed by atoms with E-state index >= 15 is 0 Å². The number of pyridine rings is 1. The number of benzene rings is 1. The minimum atomic E-state index is -4.00. The van der Waals surface area contributed by atoms with Crippen LogP contribution in [0.1, 0.15) is 46.5 Å². The normalized spacial score (nSPS) is 18.9. The van der Waals surface area contributed by atoms with Crippen LogP contribution in [0.2, 0.25) is 0 Å². The lowest BCUT2D eigenvalue weighted by Crippen LogP contribution is -2.43. The van der Waals surface area contributed by atoms with E-state index < -0.39 is 27.0 Å². The zero-order valence-corrected chi connectivity index (χ0v) is 25.7. The predicted octanol–water partition coefficient (Wildman–Crippen LogP) is 4.88. The number of aromatic amines is 1. The molecule has 12 nitrogen and oxygen atoms in total. The van der Waals surface area contributed by atoms with Crippen LogP contribution in [0, 0.1) is 5.41 Å². The number of nitrogens with one attached hydrogen (secondary N) is 1. The smallest absolute Gasteiger partial charge is 0.320 e. The van der Waals surface area contributed by atoms with Gasteiger partial charge in [-0.25, -0.2) is 22.4 Å². The Labute approximate surface area is 259 Å². The van der Waals surface area contributed by atoms with Crippen molar-refractivity contribution in [2.75, 3.05) is 0 Å². The van der Waals surface area contributed by atoms with Crippen molar-refractivity contribution in [2.24, 2.45) is 5.41 Å². The zero-order valence-electron chi connectivity index (χ0n) is 24.9. The summed E-state index contributed by atoms with van der Waals surface area (Å²) in [6.07, 6.45) is 12.4. The van der Waals surface area contributed by atoms with Crippen LogP contribution in [0.25, 0.3) is 33.4 Å². The lowest BCUT2D eigenvalue weighted by atomic mass is 9.74. The number of carbonyl (C=O) groups is 1. The molecule has 0 spiro atoms. The number of hydrogen-bond acceptors (Lipinski definition) is 10. The molecule has 0 unspecified atom stereocenters. The van der Waals surface area contributed by atoms with Crippen LogP contribution < -0.4 is 4.74 Å². The van der Waals surface area contributed by atoms with E-state index in [4.69, 9.17) is 9.47 Å². The quantitative estimate of drug-likeness (QED) is 0.186. The van der Waals surface area contributed by atoms with E-state index in [1.54, 1.807) is 57.6 Å². The van der Waals surface area contributed by atoms with E-state index in [9.17, 15) is 18.0 Å². The molecule has 1 radical (unpaired) electrons. The first kappa shape index (κ1) is 30.1. The number of esters is 1. The average molecular weight is 628 g/mol. The van der Waals surface area contributed by atoms with Crippen molar-refractivity contribution < 1.29 is 27.5 Å². The highest BCUT2D eigenvalue weighted by Gasteiger charge is 2.46. The molecule has 4 aromatic heterocycles. The van der Waals surface area contributed by atoms with Gasteiger partial charge in [-0.15, -0.1) is 0 Å². The van der Waals surface area contributed by atoms with Crippen LogP contribution in [0.5, 0.6) is 5.88 Å². The SMILES string of the molecule is CC(C)(C)OC(=O)C1([C]=O)CCC(Oc2cncc(-c3cn(S(=O)(=O)c4ccccc4)c4ncc(-c5cn[nH]c5)cc34)n2)CC1. The Kier molecular flexibility index (Phi) is 7.73. The highest BCUT2D eigenvalue weighted by molar-refractivity contribution is 7.90. The largest absolute Gasteiger partial charge is 0.473 e. The fourth-order valence-electron chi connectivity index (χ4n) is 5.37. The van der Waals surface area contributed by atoms with Crippen molar-refractivity contribution in [1.29, 1.82) is 0 Å². The molecule has 0 atom stereocenters. The molecule has 0 aliphatic heterocycles. The molecular weight excluding hydrogens is 596 g/mol. The number of ether oxygens (including phenoxy) is 2. The fourth-order valence-corrected chi connectivity index (χ4v) is 6.72. The molecule has 4 heterocycles. The first-order valence-corrected chi connectivity index (χ1v) is 15.9. The van der Waals surface area contributed by atoms with Gasteiger partial charge in [-0.1, -0.05) is 18.2 Å². The molecule has 6 rings (SSSR count). The molecule has 1 N–H and O–H groups in total. The van der Waals surface area contributed by atoms with Crippen LogP contribution in [0.3, 0.4) is 0 Å². The average Bonchev–Trinajstić information content (AvgIpc) is 3.70. The molecule has 0 amide bonds. The van der Waals surface area contributed by atoms with Gasteiger partial charge in [0.05, 0.1) is 29.2 Å². The van der Waals surface area contributed by atoms with Gasteiger partial charge in [-0.05, 0) is 64.7 Å². The Morgan fingerprint density at radius 2 is 1.82 bits per heavy atom. The Bertz CT molecular complexity index is 1960. The van der Waals surface area contributed by atoms with Crippen molar-refractivity contribution >= 4 is 33.3 Å². The first-order chi connectivity index (χ1) is 21.5. The molecule has 1 saturated carbocycles. The number of carbonyl (C=O) groups excluding carboxylic acids is 2. The summed E-state index contributed by atoms with van der Waals surface area (Å²) in [5.74, 6) is -0.349. The molecule has 5 aromatic rings. The summed E-state index contributed by atoms with van der Waals surface area (Å²) in [6, 6.07) is 9.95. The van der Waals surface area contributed by atoms with Crippen molar-refractivity contribution in [2.45, 2.75) is 63.1 Å². The molecule has 13 heteroatoms. The van der Waals surface area contributed by atoms with Gasteiger partial charge in [0.15, 0.2) is 5.65 Å². The third-order valence-corrected chi connectivity index (χ3v) is 9.35. The van der Waals surface area contributed by atoms with E-state index in [1.165, 1.54) is 30.7 Å².